The Kier molecular flexibility index (Phi) is 12.9. The van der Waals surface area contributed by atoms with Gasteiger partial charge in [0.05, 0.1) is 19.1 Å². The minimum Gasteiger partial charge on any atom is -0.497 e. The van der Waals surface area contributed by atoms with E-state index in [1.54, 1.807) is 7.11 Å². The number of aliphatic carboxylic acids is 1. The number of carboxylic acid groups (broad SMARTS) is 1. The predicted octanol–water partition coefficient (Wildman–Crippen LogP) is 6.04. The molecule has 2 aliphatic rings. The monoisotopic (exact) mass is 420 g/mol. The molecule has 5 heteroatoms. The zero-order chi connectivity index (χ0) is 22.4. The number of carbonyl (C=O) groups is 2. The van der Waals surface area contributed by atoms with Crippen molar-refractivity contribution in [3.63, 3.8) is 0 Å². The lowest BCUT2D eigenvalue weighted by Crippen LogP contribution is -2.18. The van der Waals surface area contributed by atoms with Gasteiger partial charge in [0.25, 0.3) is 0 Å². The van der Waals surface area contributed by atoms with Crippen molar-refractivity contribution in [3.05, 3.63) is 29.8 Å². The van der Waals surface area contributed by atoms with Crippen LogP contribution in [-0.2, 0) is 20.7 Å². The van der Waals surface area contributed by atoms with Gasteiger partial charge in [-0.15, -0.1) is 0 Å². The largest absolute Gasteiger partial charge is 0.497 e. The van der Waals surface area contributed by atoms with E-state index in [1.165, 1.54) is 12.0 Å². The van der Waals surface area contributed by atoms with E-state index in [1.807, 2.05) is 32.9 Å². The molecule has 0 amide bonds. The number of hydrogen-bond donors (Lipinski definition) is 1. The summed E-state index contributed by atoms with van der Waals surface area (Å²) in [6.07, 6.45) is 9.85. The van der Waals surface area contributed by atoms with Crippen molar-refractivity contribution in [2.24, 2.45) is 11.8 Å². The third-order valence-corrected chi connectivity index (χ3v) is 5.63. The fourth-order valence-electron chi connectivity index (χ4n) is 4.07. The molecular weight excluding hydrogens is 380 g/mol. The van der Waals surface area contributed by atoms with E-state index in [0.717, 1.165) is 57.1 Å². The van der Waals surface area contributed by atoms with Crippen molar-refractivity contribution in [3.8, 4) is 5.75 Å². The molecule has 2 atom stereocenters. The topological polar surface area (TPSA) is 72.8 Å². The molecule has 0 bridgehead atoms. The van der Waals surface area contributed by atoms with E-state index in [2.05, 4.69) is 12.1 Å². The van der Waals surface area contributed by atoms with E-state index in [0.29, 0.717) is 12.3 Å². The van der Waals surface area contributed by atoms with Gasteiger partial charge in [-0.3, -0.25) is 9.59 Å². The van der Waals surface area contributed by atoms with Crippen LogP contribution in [-0.4, -0.2) is 30.3 Å². The number of benzene rings is 1. The van der Waals surface area contributed by atoms with E-state index in [9.17, 15) is 9.59 Å². The fourth-order valence-corrected chi connectivity index (χ4v) is 4.07. The van der Waals surface area contributed by atoms with Gasteiger partial charge < -0.3 is 14.6 Å². The normalized spacial score (nSPS) is 22.1. The first-order chi connectivity index (χ1) is 14.5. The standard InChI is InChI=1S/C17H24O3.C6H10O2.C2H6/c1-13-11-15(5-3-4-6-17(18)20-13)12-14-7-9-16(19-2)10-8-14;7-6(8)5-3-1-2-4-5;1-2/h7-10,13,15H,3-6,11-12H2,1-2H3;5H,1-4H2,(H,7,8);1-2H3. The number of hydrogen-bond acceptors (Lipinski definition) is 4. The molecular formula is C25H40O5. The number of carbonyl (C=O) groups excluding carboxylic acids is 1. The molecule has 1 aliphatic carbocycles. The lowest BCUT2D eigenvalue weighted by molar-refractivity contribution is -0.148. The SMILES string of the molecule is CC.COc1ccc(CC2CCCCC(=O)OC(C)C2)cc1.O=C(O)C1CCCC1. The smallest absolute Gasteiger partial charge is 0.306 e. The number of cyclic esters (lactones) is 1. The minimum absolute atomic E-state index is 0.0185. The third-order valence-electron chi connectivity index (χ3n) is 5.63. The van der Waals surface area contributed by atoms with Crippen LogP contribution in [0.15, 0.2) is 24.3 Å². The summed E-state index contributed by atoms with van der Waals surface area (Å²) in [5.74, 6) is 0.815. The molecule has 0 spiro atoms. The van der Waals surface area contributed by atoms with Crippen LogP contribution >= 0.6 is 0 Å². The zero-order valence-electron chi connectivity index (χ0n) is 19.2. The molecule has 0 radical (unpaired) electrons. The van der Waals surface area contributed by atoms with Crippen LogP contribution in [0.2, 0.25) is 0 Å². The van der Waals surface area contributed by atoms with Crippen LogP contribution in [0.1, 0.15) is 84.1 Å². The number of ether oxygens (including phenoxy) is 2. The van der Waals surface area contributed by atoms with E-state index in [-0.39, 0.29) is 18.0 Å². The summed E-state index contributed by atoms with van der Waals surface area (Å²) in [7, 11) is 1.68. The second-order valence-corrected chi connectivity index (χ2v) is 8.02. The highest BCUT2D eigenvalue weighted by atomic mass is 16.5. The van der Waals surface area contributed by atoms with Crippen molar-refractivity contribution in [2.45, 2.75) is 91.1 Å². The predicted molar refractivity (Wildman–Crippen MR) is 120 cm³/mol. The Balaban J connectivity index is 0.000000375. The van der Waals surface area contributed by atoms with Crippen LogP contribution in [0.5, 0.6) is 5.75 Å². The summed E-state index contributed by atoms with van der Waals surface area (Å²) in [6.45, 7) is 6.00. The van der Waals surface area contributed by atoms with Crippen molar-refractivity contribution in [1.82, 2.24) is 0 Å². The highest BCUT2D eigenvalue weighted by molar-refractivity contribution is 5.70. The summed E-state index contributed by atoms with van der Waals surface area (Å²) >= 11 is 0. The Morgan fingerprint density at radius 3 is 2.20 bits per heavy atom. The van der Waals surface area contributed by atoms with Crippen molar-refractivity contribution < 1.29 is 24.2 Å². The van der Waals surface area contributed by atoms with Crippen LogP contribution in [0.4, 0.5) is 0 Å². The molecule has 0 aromatic heterocycles. The molecule has 1 N–H and O–H groups in total. The molecule has 170 valence electrons. The molecule has 1 saturated carbocycles. The van der Waals surface area contributed by atoms with Crippen LogP contribution in [0.25, 0.3) is 0 Å². The Bertz CT molecular complexity index is 604. The molecule has 30 heavy (non-hydrogen) atoms. The van der Waals surface area contributed by atoms with Gasteiger partial charge in [-0.2, -0.15) is 0 Å². The van der Waals surface area contributed by atoms with E-state index in [4.69, 9.17) is 14.6 Å². The average Bonchev–Trinajstić information content (AvgIpc) is 3.30. The number of esters is 1. The summed E-state index contributed by atoms with van der Waals surface area (Å²) in [4.78, 5) is 21.7. The molecule has 2 unspecified atom stereocenters. The summed E-state index contributed by atoms with van der Waals surface area (Å²) in [5.41, 5.74) is 1.33. The molecule has 2 fully saturated rings. The van der Waals surface area contributed by atoms with E-state index >= 15 is 0 Å². The van der Waals surface area contributed by atoms with Gasteiger partial charge in [0, 0.05) is 6.42 Å². The quantitative estimate of drug-likeness (QED) is 0.601. The molecule has 1 heterocycles. The lowest BCUT2D eigenvalue weighted by Gasteiger charge is -2.20. The van der Waals surface area contributed by atoms with Crippen molar-refractivity contribution in [1.29, 1.82) is 0 Å². The first-order valence-electron chi connectivity index (χ1n) is 11.5. The van der Waals surface area contributed by atoms with Gasteiger partial charge in [-0.1, -0.05) is 45.2 Å². The second-order valence-electron chi connectivity index (χ2n) is 8.02. The van der Waals surface area contributed by atoms with Crippen molar-refractivity contribution >= 4 is 11.9 Å². The van der Waals surface area contributed by atoms with Crippen molar-refractivity contribution in [2.75, 3.05) is 7.11 Å². The van der Waals surface area contributed by atoms with Gasteiger partial charge in [0.2, 0.25) is 0 Å². The Labute approximate surface area is 182 Å². The van der Waals surface area contributed by atoms with Gasteiger partial charge in [-0.05, 0) is 69.1 Å². The fraction of sp³-hybridized carbons (Fsp3) is 0.680. The van der Waals surface area contributed by atoms with Gasteiger partial charge >= 0.3 is 11.9 Å². The van der Waals surface area contributed by atoms with Crippen LogP contribution in [0.3, 0.4) is 0 Å². The number of carboxylic acids is 1. The summed E-state index contributed by atoms with van der Waals surface area (Å²) in [5, 5.41) is 8.41. The van der Waals surface area contributed by atoms with Gasteiger partial charge in [-0.25, -0.2) is 0 Å². The average molecular weight is 421 g/mol. The molecule has 5 nitrogen and oxygen atoms in total. The minimum atomic E-state index is -0.609. The number of rotatable bonds is 4. The van der Waals surface area contributed by atoms with Crippen LogP contribution in [0, 0.1) is 11.8 Å². The van der Waals surface area contributed by atoms with E-state index < -0.39 is 5.97 Å². The maximum absolute atomic E-state index is 11.5. The van der Waals surface area contributed by atoms with Gasteiger partial charge in [0.15, 0.2) is 0 Å². The Morgan fingerprint density at radius 1 is 1.07 bits per heavy atom. The molecule has 1 saturated heterocycles. The molecule has 3 rings (SSSR count). The number of methoxy groups -OCH3 is 1. The lowest BCUT2D eigenvalue weighted by atomic mass is 9.89. The first-order valence-corrected chi connectivity index (χ1v) is 11.5. The summed E-state index contributed by atoms with van der Waals surface area (Å²) in [6, 6.07) is 8.27. The second kappa shape index (κ2) is 14.9. The zero-order valence-corrected chi connectivity index (χ0v) is 19.2. The maximum atomic E-state index is 11.5. The third kappa shape index (κ3) is 10.1. The molecule has 1 aliphatic heterocycles. The highest BCUT2D eigenvalue weighted by Gasteiger charge is 2.21. The molecule has 1 aromatic carbocycles. The molecule has 1 aromatic rings. The first kappa shape index (κ1) is 26.0. The van der Waals surface area contributed by atoms with Crippen LogP contribution < -0.4 is 4.74 Å². The highest BCUT2D eigenvalue weighted by Crippen LogP contribution is 2.25. The summed E-state index contributed by atoms with van der Waals surface area (Å²) < 4.78 is 10.6. The Hall–Kier alpha value is -2.04. The van der Waals surface area contributed by atoms with Gasteiger partial charge in [0.1, 0.15) is 5.75 Å². The maximum Gasteiger partial charge on any atom is 0.306 e. The Morgan fingerprint density at radius 2 is 1.67 bits per heavy atom.